The fraction of sp³-hybridized carbons (Fsp3) is 0.500. The van der Waals surface area contributed by atoms with Crippen molar-refractivity contribution < 1.29 is 4.79 Å². The summed E-state index contributed by atoms with van der Waals surface area (Å²) >= 11 is 1.33. The van der Waals surface area contributed by atoms with Gasteiger partial charge in [-0.15, -0.1) is 10.2 Å². The van der Waals surface area contributed by atoms with E-state index in [0.717, 1.165) is 32.1 Å². The van der Waals surface area contributed by atoms with Gasteiger partial charge in [0.15, 0.2) is 0 Å². The van der Waals surface area contributed by atoms with Gasteiger partial charge in [0.05, 0.1) is 0 Å². The quantitative estimate of drug-likeness (QED) is 0.272. The van der Waals surface area contributed by atoms with Crippen LogP contribution in [0.5, 0.6) is 0 Å². The van der Waals surface area contributed by atoms with Crippen molar-refractivity contribution in [3.63, 3.8) is 0 Å². The third kappa shape index (κ3) is 14.8. The Kier molecular flexibility index (Phi) is 14.8. The van der Waals surface area contributed by atoms with Gasteiger partial charge < -0.3 is 5.32 Å². The number of allylic oxidation sites excluding steroid dienone is 8. The zero-order chi connectivity index (χ0) is 19.4. The number of amides is 1. The largest absolute Gasteiger partial charge is 0.301 e. The van der Waals surface area contributed by atoms with Crippen LogP contribution < -0.4 is 5.32 Å². The minimum atomic E-state index is 0.00244. The average molecular weight is 388 g/mol. The standard InChI is InChI=1S/C22H33N3OS/c1-2-3-4-5-6-7-8-9-10-11-12-13-14-15-16-17-18-19-21(26)24-22-25-23-20-27-22/h6-7,9-10,12-13,15-16,20H,2-5,8,11,14,17-19H2,1H3,(H,24,25,26). The Bertz CT molecular complexity index is 589. The van der Waals surface area contributed by atoms with E-state index in [4.69, 9.17) is 0 Å². The fourth-order valence-electron chi connectivity index (χ4n) is 2.35. The van der Waals surface area contributed by atoms with Gasteiger partial charge in [0, 0.05) is 6.42 Å². The first kappa shape index (κ1) is 23.0. The lowest BCUT2D eigenvalue weighted by Gasteiger charge is -1.98. The lowest BCUT2D eigenvalue weighted by Crippen LogP contribution is -2.10. The van der Waals surface area contributed by atoms with E-state index in [0.29, 0.717) is 11.6 Å². The highest BCUT2D eigenvalue weighted by Gasteiger charge is 2.03. The summed E-state index contributed by atoms with van der Waals surface area (Å²) in [6, 6.07) is 0. The molecule has 0 radical (unpaired) electrons. The van der Waals surface area contributed by atoms with Gasteiger partial charge in [-0.05, 0) is 44.9 Å². The Hall–Kier alpha value is -2.01. The molecule has 148 valence electrons. The monoisotopic (exact) mass is 387 g/mol. The molecular weight excluding hydrogens is 354 g/mol. The van der Waals surface area contributed by atoms with Gasteiger partial charge in [-0.2, -0.15) is 0 Å². The maximum atomic E-state index is 11.7. The highest BCUT2D eigenvalue weighted by molar-refractivity contribution is 7.13. The minimum Gasteiger partial charge on any atom is -0.301 e. The van der Waals surface area contributed by atoms with Gasteiger partial charge in [-0.25, -0.2) is 0 Å². The Labute approximate surface area is 168 Å². The molecular formula is C22H33N3OS. The molecule has 1 aromatic rings. The molecule has 0 aliphatic heterocycles. The minimum absolute atomic E-state index is 0.00244. The third-order valence-electron chi connectivity index (χ3n) is 3.84. The molecule has 0 bridgehead atoms. The number of unbranched alkanes of at least 4 members (excludes halogenated alkanes) is 4. The summed E-state index contributed by atoms with van der Waals surface area (Å²) in [5.41, 5.74) is 1.61. The summed E-state index contributed by atoms with van der Waals surface area (Å²) in [5.74, 6) is 0.00244. The number of hydrogen-bond acceptors (Lipinski definition) is 4. The zero-order valence-corrected chi connectivity index (χ0v) is 17.3. The highest BCUT2D eigenvalue weighted by atomic mass is 32.1. The normalized spacial score (nSPS) is 12.2. The van der Waals surface area contributed by atoms with Crippen molar-refractivity contribution in [3.8, 4) is 0 Å². The Balaban J connectivity index is 1.92. The molecule has 0 aliphatic carbocycles. The summed E-state index contributed by atoms with van der Waals surface area (Å²) in [7, 11) is 0. The number of hydrogen-bond donors (Lipinski definition) is 1. The second-order valence-electron chi connectivity index (χ2n) is 6.27. The van der Waals surface area contributed by atoms with Gasteiger partial charge >= 0.3 is 0 Å². The van der Waals surface area contributed by atoms with Crippen LogP contribution in [0.15, 0.2) is 54.1 Å². The number of aromatic nitrogens is 2. The molecule has 0 saturated heterocycles. The van der Waals surface area contributed by atoms with Gasteiger partial charge in [0.2, 0.25) is 11.0 Å². The Morgan fingerprint density at radius 2 is 1.52 bits per heavy atom. The lowest BCUT2D eigenvalue weighted by molar-refractivity contribution is -0.116. The average Bonchev–Trinajstić information content (AvgIpc) is 3.17. The first-order valence-corrected chi connectivity index (χ1v) is 10.9. The first-order chi connectivity index (χ1) is 13.3. The molecule has 0 atom stereocenters. The van der Waals surface area contributed by atoms with E-state index < -0.39 is 0 Å². The molecule has 1 aromatic heterocycles. The second-order valence-corrected chi connectivity index (χ2v) is 7.11. The van der Waals surface area contributed by atoms with Gasteiger partial charge in [0.25, 0.3) is 0 Å². The molecule has 0 fully saturated rings. The number of anilines is 1. The molecule has 0 aromatic carbocycles. The van der Waals surface area contributed by atoms with Gasteiger partial charge in [0.1, 0.15) is 5.51 Å². The number of nitrogens with zero attached hydrogens (tertiary/aromatic N) is 2. The number of rotatable bonds is 15. The van der Waals surface area contributed by atoms with E-state index in [-0.39, 0.29) is 5.91 Å². The van der Waals surface area contributed by atoms with Crippen LogP contribution in [0, 0.1) is 0 Å². The molecule has 0 spiro atoms. The Morgan fingerprint density at radius 3 is 2.07 bits per heavy atom. The molecule has 1 N–H and O–H groups in total. The fourth-order valence-corrected chi connectivity index (χ4v) is 2.81. The van der Waals surface area contributed by atoms with Crippen molar-refractivity contribution >= 4 is 22.4 Å². The number of nitrogens with one attached hydrogen (secondary N) is 1. The van der Waals surface area contributed by atoms with Crippen molar-refractivity contribution in [2.24, 2.45) is 0 Å². The van der Waals surface area contributed by atoms with Crippen LogP contribution >= 0.6 is 11.3 Å². The van der Waals surface area contributed by atoms with Crippen LogP contribution in [-0.2, 0) is 4.79 Å². The predicted molar refractivity (Wildman–Crippen MR) is 117 cm³/mol. The molecule has 5 heteroatoms. The van der Waals surface area contributed by atoms with Crippen LogP contribution in [0.3, 0.4) is 0 Å². The second kappa shape index (κ2) is 17.4. The molecule has 0 aliphatic rings. The van der Waals surface area contributed by atoms with Crippen molar-refractivity contribution in [2.45, 2.75) is 71.1 Å². The van der Waals surface area contributed by atoms with Crippen LogP contribution in [0.1, 0.15) is 71.1 Å². The van der Waals surface area contributed by atoms with E-state index in [9.17, 15) is 4.79 Å². The first-order valence-electron chi connectivity index (χ1n) is 9.99. The summed E-state index contributed by atoms with van der Waals surface area (Å²) in [5, 5.41) is 10.8. The predicted octanol–water partition coefficient (Wildman–Crippen LogP) is 6.62. The van der Waals surface area contributed by atoms with Crippen molar-refractivity contribution in [1.82, 2.24) is 10.2 Å². The Morgan fingerprint density at radius 1 is 0.926 bits per heavy atom. The van der Waals surface area contributed by atoms with Crippen LogP contribution in [0.2, 0.25) is 0 Å². The van der Waals surface area contributed by atoms with Crippen molar-refractivity contribution in [2.75, 3.05) is 5.32 Å². The van der Waals surface area contributed by atoms with Gasteiger partial charge in [-0.3, -0.25) is 4.79 Å². The molecule has 0 unspecified atom stereocenters. The van der Waals surface area contributed by atoms with Gasteiger partial charge in [-0.1, -0.05) is 79.7 Å². The van der Waals surface area contributed by atoms with Crippen molar-refractivity contribution in [3.05, 3.63) is 54.1 Å². The van der Waals surface area contributed by atoms with E-state index in [1.165, 1.54) is 37.0 Å². The van der Waals surface area contributed by atoms with Crippen LogP contribution in [-0.4, -0.2) is 16.1 Å². The lowest BCUT2D eigenvalue weighted by atomic mass is 10.2. The van der Waals surface area contributed by atoms with E-state index >= 15 is 0 Å². The van der Waals surface area contributed by atoms with Crippen molar-refractivity contribution in [1.29, 1.82) is 0 Å². The summed E-state index contributed by atoms with van der Waals surface area (Å²) in [6.45, 7) is 2.24. The zero-order valence-electron chi connectivity index (χ0n) is 16.5. The highest BCUT2D eigenvalue weighted by Crippen LogP contribution is 2.09. The summed E-state index contributed by atoms with van der Waals surface area (Å²) < 4.78 is 0. The number of carbonyl (C=O) groups is 1. The smallest absolute Gasteiger partial charge is 0.226 e. The molecule has 0 saturated carbocycles. The third-order valence-corrected chi connectivity index (χ3v) is 4.45. The van der Waals surface area contributed by atoms with E-state index in [2.05, 4.69) is 71.0 Å². The van der Waals surface area contributed by atoms with Crippen LogP contribution in [0.4, 0.5) is 5.13 Å². The number of carbonyl (C=O) groups excluding carboxylic acids is 1. The van der Waals surface area contributed by atoms with Crippen LogP contribution in [0.25, 0.3) is 0 Å². The topological polar surface area (TPSA) is 54.9 Å². The SMILES string of the molecule is CCCCCC=CCC=CCC=CCC=CCCCC(=O)Nc1nncs1. The maximum Gasteiger partial charge on any atom is 0.226 e. The maximum absolute atomic E-state index is 11.7. The molecule has 4 nitrogen and oxygen atoms in total. The van der Waals surface area contributed by atoms with E-state index in [1.807, 2.05) is 0 Å². The molecule has 1 heterocycles. The summed E-state index contributed by atoms with van der Waals surface area (Å²) in [6.07, 6.45) is 28.1. The van der Waals surface area contributed by atoms with E-state index in [1.54, 1.807) is 5.51 Å². The molecule has 1 rings (SSSR count). The summed E-state index contributed by atoms with van der Waals surface area (Å²) in [4.78, 5) is 11.7. The molecule has 1 amide bonds. The molecule has 27 heavy (non-hydrogen) atoms.